The maximum absolute atomic E-state index is 4.09. The molecular weight excluding hydrogens is 320 g/mol. The summed E-state index contributed by atoms with van der Waals surface area (Å²) in [6.07, 6.45) is 3.59. The molecule has 3 rings (SSSR count). The molecule has 2 heterocycles. The van der Waals surface area contributed by atoms with Crippen LogP contribution in [-0.4, -0.2) is 4.98 Å². The maximum atomic E-state index is 4.09. The highest BCUT2D eigenvalue weighted by Gasteiger charge is 2.03. The monoisotopic (exact) mass is 330 g/mol. The number of anilines is 2. The summed E-state index contributed by atoms with van der Waals surface area (Å²) in [4.78, 5) is 5.34. The predicted molar refractivity (Wildman–Crippen MR) is 85.0 cm³/mol. The molecule has 0 saturated heterocycles. The number of pyridine rings is 1. The summed E-state index contributed by atoms with van der Waals surface area (Å²) in [5.74, 6) is 0. The molecule has 0 saturated carbocycles. The van der Waals surface area contributed by atoms with E-state index in [0.29, 0.717) is 0 Å². The van der Waals surface area contributed by atoms with Gasteiger partial charge in [-0.15, -0.1) is 11.3 Å². The van der Waals surface area contributed by atoms with Gasteiger partial charge in [0, 0.05) is 26.6 Å². The van der Waals surface area contributed by atoms with Crippen molar-refractivity contribution in [1.82, 2.24) is 4.98 Å². The van der Waals surface area contributed by atoms with Gasteiger partial charge in [0.15, 0.2) is 0 Å². The van der Waals surface area contributed by atoms with Crippen LogP contribution < -0.4 is 5.32 Å². The minimum absolute atomic E-state index is 1.00. The Labute approximate surface area is 124 Å². The quantitative estimate of drug-likeness (QED) is 0.703. The molecule has 0 spiro atoms. The summed E-state index contributed by atoms with van der Waals surface area (Å²) in [5.41, 5.74) is 3.33. The molecule has 4 heteroatoms. The van der Waals surface area contributed by atoms with Crippen LogP contribution in [0.2, 0.25) is 0 Å². The zero-order valence-corrected chi connectivity index (χ0v) is 12.4. The first-order valence-electron chi connectivity index (χ1n) is 5.83. The Morgan fingerprint density at radius 1 is 1.05 bits per heavy atom. The molecule has 0 atom stereocenters. The third-order valence-electron chi connectivity index (χ3n) is 2.68. The van der Waals surface area contributed by atoms with E-state index in [-0.39, 0.29) is 0 Å². The number of benzene rings is 1. The minimum atomic E-state index is 1.00. The van der Waals surface area contributed by atoms with Crippen LogP contribution in [0.4, 0.5) is 11.4 Å². The fourth-order valence-corrected chi connectivity index (χ4v) is 2.88. The van der Waals surface area contributed by atoms with Crippen LogP contribution in [0.5, 0.6) is 0 Å². The summed E-state index contributed by atoms with van der Waals surface area (Å²) in [6, 6.07) is 14.4. The van der Waals surface area contributed by atoms with Crippen molar-refractivity contribution in [2.24, 2.45) is 0 Å². The molecule has 1 N–H and O–H groups in total. The van der Waals surface area contributed by atoms with Crippen LogP contribution >= 0.6 is 27.3 Å². The molecule has 94 valence electrons. The van der Waals surface area contributed by atoms with Crippen LogP contribution in [0.1, 0.15) is 0 Å². The van der Waals surface area contributed by atoms with Crippen LogP contribution in [0, 0.1) is 0 Å². The number of nitrogens with zero attached hydrogens (tertiary/aromatic N) is 1. The van der Waals surface area contributed by atoms with Crippen LogP contribution in [-0.2, 0) is 0 Å². The van der Waals surface area contributed by atoms with Crippen molar-refractivity contribution in [2.45, 2.75) is 0 Å². The standard InChI is InChI=1S/C15H11BrN2S/c16-12-5-3-11(4-6-12)15-8-14(10-19-15)18-13-2-1-7-17-9-13/h1-10,18H. The fraction of sp³-hybridized carbons (Fsp3) is 0. The fourth-order valence-electron chi connectivity index (χ4n) is 1.77. The van der Waals surface area contributed by atoms with E-state index < -0.39 is 0 Å². The lowest BCUT2D eigenvalue weighted by molar-refractivity contribution is 1.32. The molecule has 0 aliphatic heterocycles. The van der Waals surface area contributed by atoms with Gasteiger partial charge in [0.25, 0.3) is 0 Å². The summed E-state index contributed by atoms with van der Waals surface area (Å²) < 4.78 is 1.10. The smallest absolute Gasteiger partial charge is 0.0570 e. The van der Waals surface area contributed by atoms with Crippen molar-refractivity contribution in [3.05, 3.63) is 64.7 Å². The normalized spacial score (nSPS) is 10.4. The van der Waals surface area contributed by atoms with Gasteiger partial charge in [-0.25, -0.2) is 0 Å². The molecule has 1 aromatic carbocycles. The van der Waals surface area contributed by atoms with Crippen molar-refractivity contribution in [2.75, 3.05) is 5.32 Å². The van der Waals surface area contributed by atoms with E-state index in [0.717, 1.165) is 15.8 Å². The van der Waals surface area contributed by atoms with E-state index in [4.69, 9.17) is 0 Å². The molecule has 19 heavy (non-hydrogen) atoms. The van der Waals surface area contributed by atoms with Crippen molar-refractivity contribution >= 4 is 38.6 Å². The Morgan fingerprint density at radius 3 is 2.63 bits per heavy atom. The van der Waals surface area contributed by atoms with E-state index in [1.165, 1.54) is 10.4 Å². The van der Waals surface area contributed by atoms with Crippen LogP contribution in [0.3, 0.4) is 0 Å². The number of hydrogen-bond donors (Lipinski definition) is 1. The average molecular weight is 331 g/mol. The lowest BCUT2D eigenvalue weighted by Gasteiger charge is -2.01. The van der Waals surface area contributed by atoms with Gasteiger partial charge in [0.05, 0.1) is 11.9 Å². The van der Waals surface area contributed by atoms with Gasteiger partial charge >= 0.3 is 0 Å². The molecule has 0 aliphatic carbocycles. The zero-order valence-electron chi connectivity index (χ0n) is 10.0. The highest BCUT2D eigenvalue weighted by molar-refractivity contribution is 9.10. The van der Waals surface area contributed by atoms with Gasteiger partial charge in [-0.3, -0.25) is 4.98 Å². The predicted octanol–water partition coefficient (Wildman–Crippen LogP) is 5.32. The highest BCUT2D eigenvalue weighted by Crippen LogP contribution is 2.31. The number of thiophene rings is 1. The Morgan fingerprint density at radius 2 is 1.89 bits per heavy atom. The third-order valence-corrected chi connectivity index (χ3v) is 4.19. The van der Waals surface area contributed by atoms with E-state index in [1.54, 1.807) is 17.5 Å². The van der Waals surface area contributed by atoms with E-state index in [1.807, 2.05) is 18.3 Å². The summed E-state index contributed by atoms with van der Waals surface area (Å²) >= 11 is 5.18. The van der Waals surface area contributed by atoms with E-state index in [2.05, 4.69) is 61.9 Å². The Kier molecular flexibility index (Phi) is 3.62. The van der Waals surface area contributed by atoms with Crippen molar-refractivity contribution < 1.29 is 0 Å². The van der Waals surface area contributed by atoms with Crippen molar-refractivity contribution in [1.29, 1.82) is 0 Å². The van der Waals surface area contributed by atoms with Gasteiger partial charge in [0.1, 0.15) is 0 Å². The second-order valence-electron chi connectivity index (χ2n) is 4.07. The largest absolute Gasteiger partial charge is 0.354 e. The molecule has 2 nitrogen and oxygen atoms in total. The van der Waals surface area contributed by atoms with Gasteiger partial charge in [-0.1, -0.05) is 28.1 Å². The lowest BCUT2D eigenvalue weighted by Crippen LogP contribution is -1.87. The van der Waals surface area contributed by atoms with E-state index in [9.17, 15) is 0 Å². The summed E-state index contributed by atoms with van der Waals surface area (Å²) in [5, 5.41) is 5.46. The Bertz CT molecular complexity index is 662. The van der Waals surface area contributed by atoms with Crippen LogP contribution in [0.15, 0.2) is 64.7 Å². The number of hydrogen-bond acceptors (Lipinski definition) is 3. The molecule has 0 fully saturated rings. The first-order valence-corrected chi connectivity index (χ1v) is 7.50. The molecule has 0 bridgehead atoms. The van der Waals surface area contributed by atoms with Gasteiger partial charge < -0.3 is 5.32 Å². The van der Waals surface area contributed by atoms with E-state index >= 15 is 0 Å². The van der Waals surface area contributed by atoms with Crippen molar-refractivity contribution in [3.63, 3.8) is 0 Å². The molecular formula is C15H11BrN2S. The SMILES string of the molecule is Brc1ccc(-c2cc(Nc3cccnc3)cs2)cc1. The zero-order chi connectivity index (χ0) is 13.1. The number of rotatable bonds is 3. The maximum Gasteiger partial charge on any atom is 0.0570 e. The first kappa shape index (κ1) is 12.4. The number of aromatic nitrogens is 1. The van der Waals surface area contributed by atoms with Gasteiger partial charge in [0.2, 0.25) is 0 Å². The summed E-state index contributed by atoms with van der Waals surface area (Å²) in [7, 11) is 0. The van der Waals surface area contributed by atoms with Gasteiger partial charge in [-0.05, 0) is 35.9 Å². The molecule has 3 aromatic rings. The summed E-state index contributed by atoms with van der Waals surface area (Å²) in [6.45, 7) is 0. The highest BCUT2D eigenvalue weighted by atomic mass is 79.9. The van der Waals surface area contributed by atoms with Crippen LogP contribution in [0.25, 0.3) is 10.4 Å². The number of halogens is 1. The second kappa shape index (κ2) is 5.55. The Balaban J connectivity index is 1.82. The molecule has 0 radical (unpaired) electrons. The molecule has 0 unspecified atom stereocenters. The van der Waals surface area contributed by atoms with Gasteiger partial charge in [-0.2, -0.15) is 0 Å². The third kappa shape index (κ3) is 3.03. The first-order chi connectivity index (χ1) is 9.31. The average Bonchev–Trinajstić information content (AvgIpc) is 2.89. The minimum Gasteiger partial charge on any atom is -0.354 e. The van der Waals surface area contributed by atoms with Crippen molar-refractivity contribution in [3.8, 4) is 10.4 Å². The second-order valence-corrected chi connectivity index (χ2v) is 5.90. The number of nitrogens with one attached hydrogen (secondary N) is 1. The molecule has 0 amide bonds. The molecule has 2 aromatic heterocycles. The Hall–Kier alpha value is -1.65. The topological polar surface area (TPSA) is 24.9 Å². The molecule has 0 aliphatic rings. The lowest BCUT2D eigenvalue weighted by atomic mass is 10.2.